The van der Waals surface area contributed by atoms with E-state index in [0.29, 0.717) is 13.1 Å². The van der Waals surface area contributed by atoms with Crippen LogP contribution < -0.4 is 15.4 Å². The van der Waals surface area contributed by atoms with E-state index in [-0.39, 0.29) is 30.1 Å². The van der Waals surface area contributed by atoms with Crippen LogP contribution in [0.3, 0.4) is 0 Å². The Morgan fingerprint density at radius 2 is 1.92 bits per heavy atom. The van der Waals surface area contributed by atoms with Crippen molar-refractivity contribution in [2.75, 3.05) is 6.54 Å². The maximum absolute atomic E-state index is 5.67. The molecule has 0 saturated carbocycles. The van der Waals surface area contributed by atoms with E-state index in [9.17, 15) is 0 Å². The fraction of sp³-hybridized carbons (Fsp3) is 0.474. The zero-order valence-electron chi connectivity index (χ0n) is 15.9. The number of thiazole rings is 1. The molecule has 0 aliphatic carbocycles. The van der Waals surface area contributed by atoms with Gasteiger partial charge in [0.25, 0.3) is 0 Å². The molecule has 0 saturated heterocycles. The summed E-state index contributed by atoms with van der Waals surface area (Å²) in [5.74, 6) is 1.70. The second-order valence-electron chi connectivity index (χ2n) is 5.93. The first-order valence-electron chi connectivity index (χ1n) is 8.82. The highest BCUT2D eigenvalue weighted by Crippen LogP contribution is 2.15. The number of halogens is 1. The molecule has 0 radical (unpaired) electrons. The molecule has 0 fully saturated rings. The summed E-state index contributed by atoms with van der Waals surface area (Å²) in [7, 11) is 0. The number of benzene rings is 1. The molecular weight excluding hydrogens is 459 g/mol. The van der Waals surface area contributed by atoms with Crippen LogP contribution in [-0.4, -0.2) is 23.6 Å². The summed E-state index contributed by atoms with van der Waals surface area (Å²) in [6.45, 7) is 10.4. The predicted octanol–water partition coefficient (Wildman–Crippen LogP) is 4.37. The number of aromatic nitrogens is 1. The van der Waals surface area contributed by atoms with Crippen LogP contribution in [0.25, 0.3) is 0 Å². The molecule has 1 aromatic heterocycles. The molecule has 0 bridgehead atoms. The average Bonchev–Trinajstić information content (AvgIpc) is 3.06. The second-order valence-corrected chi connectivity index (χ2v) is 7.13. The van der Waals surface area contributed by atoms with Crippen LogP contribution in [0.5, 0.6) is 5.75 Å². The molecule has 1 heterocycles. The molecule has 0 spiro atoms. The minimum absolute atomic E-state index is 0. The quantitative estimate of drug-likeness (QED) is 0.329. The standard InChI is InChI=1S/C19H28N4OS.HI/c1-5-17-12-21-18(25-17)13-23-19(20-6-2)22-11-15-7-9-16(10-8-15)24-14(3)4;/h7-10,12,14H,5-6,11,13H2,1-4H3,(H2,20,22,23);1H. The summed E-state index contributed by atoms with van der Waals surface area (Å²) in [5, 5.41) is 7.70. The van der Waals surface area contributed by atoms with E-state index in [1.807, 2.05) is 32.2 Å². The average molecular weight is 488 g/mol. The van der Waals surface area contributed by atoms with Gasteiger partial charge >= 0.3 is 0 Å². The van der Waals surface area contributed by atoms with Gasteiger partial charge in [-0.15, -0.1) is 35.3 Å². The first-order chi connectivity index (χ1) is 12.1. The highest BCUT2D eigenvalue weighted by atomic mass is 127. The van der Waals surface area contributed by atoms with Crippen molar-refractivity contribution in [3.05, 3.63) is 45.9 Å². The summed E-state index contributed by atoms with van der Waals surface area (Å²) >= 11 is 1.74. The van der Waals surface area contributed by atoms with E-state index in [1.165, 1.54) is 4.88 Å². The normalized spacial score (nSPS) is 11.2. The molecule has 7 heteroatoms. The Kier molecular flexibility index (Phi) is 10.6. The lowest BCUT2D eigenvalue weighted by atomic mass is 10.2. The van der Waals surface area contributed by atoms with Crippen LogP contribution in [0, 0.1) is 0 Å². The molecule has 5 nitrogen and oxygen atoms in total. The molecule has 0 aliphatic heterocycles. The van der Waals surface area contributed by atoms with Crippen molar-refractivity contribution in [3.8, 4) is 5.75 Å². The topological polar surface area (TPSA) is 58.5 Å². The number of aliphatic imine (C=N–C) groups is 1. The van der Waals surface area contributed by atoms with Gasteiger partial charge in [0.1, 0.15) is 10.8 Å². The number of nitrogens with one attached hydrogen (secondary N) is 2. The summed E-state index contributed by atoms with van der Waals surface area (Å²) < 4.78 is 5.67. The Balaban J connectivity index is 0.00000338. The first-order valence-corrected chi connectivity index (χ1v) is 9.63. The van der Waals surface area contributed by atoms with Crippen LogP contribution >= 0.6 is 35.3 Å². The molecule has 1 aromatic carbocycles. The van der Waals surface area contributed by atoms with Crippen LogP contribution in [0.15, 0.2) is 35.5 Å². The number of guanidine groups is 1. The Hall–Kier alpha value is -1.35. The van der Waals surface area contributed by atoms with Gasteiger partial charge in [0.2, 0.25) is 0 Å². The first kappa shape index (κ1) is 22.7. The van der Waals surface area contributed by atoms with E-state index in [2.05, 4.69) is 46.6 Å². The van der Waals surface area contributed by atoms with Crippen molar-refractivity contribution < 1.29 is 4.74 Å². The molecule has 26 heavy (non-hydrogen) atoms. The van der Waals surface area contributed by atoms with E-state index in [0.717, 1.165) is 35.2 Å². The Morgan fingerprint density at radius 3 is 2.50 bits per heavy atom. The van der Waals surface area contributed by atoms with Gasteiger partial charge in [0.15, 0.2) is 5.96 Å². The zero-order chi connectivity index (χ0) is 18.1. The Bertz CT molecular complexity index is 670. The molecule has 0 atom stereocenters. The van der Waals surface area contributed by atoms with E-state index in [1.54, 1.807) is 11.3 Å². The fourth-order valence-electron chi connectivity index (χ4n) is 2.21. The number of rotatable bonds is 8. The van der Waals surface area contributed by atoms with Crippen LogP contribution in [0.1, 0.15) is 43.1 Å². The Labute approximate surface area is 177 Å². The van der Waals surface area contributed by atoms with E-state index >= 15 is 0 Å². The summed E-state index contributed by atoms with van der Waals surface area (Å²) in [4.78, 5) is 10.4. The SMILES string of the molecule is CCNC(=NCc1ccc(OC(C)C)cc1)NCc1ncc(CC)s1.I. The molecular formula is C19H29IN4OS. The van der Waals surface area contributed by atoms with Gasteiger partial charge < -0.3 is 15.4 Å². The maximum atomic E-state index is 5.67. The van der Waals surface area contributed by atoms with Crippen LogP contribution in [0.2, 0.25) is 0 Å². The monoisotopic (exact) mass is 488 g/mol. The van der Waals surface area contributed by atoms with Crippen LogP contribution in [-0.2, 0) is 19.5 Å². The summed E-state index contributed by atoms with van der Waals surface area (Å²) in [6, 6.07) is 8.10. The molecule has 2 aromatic rings. The van der Waals surface area contributed by atoms with E-state index < -0.39 is 0 Å². The lowest BCUT2D eigenvalue weighted by Gasteiger charge is -2.11. The van der Waals surface area contributed by atoms with Crippen LogP contribution in [0.4, 0.5) is 0 Å². The highest BCUT2D eigenvalue weighted by Gasteiger charge is 2.03. The van der Waals surface area contributed by atoms with Crippen molar-refractivity contribution in [3.63, 3.8) is 0 Å². The molecule has 0 aliphatic rings. The Morgan fingerprint density at radius 1 is 1.19 bits per heavy atom. The zero-order valence-corrected chi connectivity index (χ0v) is 19.1. The van der Waals surface area contributed by atoms with Crippen molar-refractivity contribution >= 4 is 41.3 Å². The molecule has 0 unspecified atom stereocenters. The number of hydrogen-bond donors (Lipinski definition) is 2. The largest absolute Gasteiger partial charge is 0.491 e. The third kappa shape index (κ3) is 7.90. The van der Waals surface area contributed by atoms with Gasteiger partial charge in [0.05, 0.1) is 19.2 Å². The number of hydrogen-bond acceptors (Lipinski definition) is 4. The summed E-state index contributed by atoms with van der Waals surface area (Å²) in [5.41, 5.74) is 1.15. The lowest BCUT2D eigenvalue weighted by Crippen LogP contribution is -2.36. The van der Waals surface area contributed by atoms with Crippen molar-refractivity contribution in [1.29, 1.82) is 0 Å². The molecule has 0 amide bonds. The van der Waals surface area contributed by atoms with Gasteiger partial charge in [-0.1, -0.05) is 19.1 Å². The van der Waals surface area contributed by atoms with Gasteiger partial charge in [0, 0.05) is 17.6 Å². The molecule has 2 rings (SSSR count). The number of nitrogens with zero attached hydrogens (tertiary/aromatic N) is 2. The summed E-state index contributed by atoms with van der Waals surface area (Å²) in [6.07, 6.45) is 3.17. The predicted molar refractivity (Wildman–Crippen MR) is 121 cm³/mol. The second kappa shape index (κ2) is 12.1. The molecule has 144 valence electrons. The van der Waals surface area contributed by atoms with E-state index in [4.69, 9.17) is 4.74 Å². The molecule has 2 N–H and O–H groups in total. The van der Waals surface area contributed by atoms with Crippen molar-refractivity contribution in [2.45, 2.75) is 53.3 Å². The van der Waals surface area contributed by atoms with Gasteiger partial charge in [-0.05, 0) is 44.9 Å². The minimum atomic E-state index is 0. The number of aryl methyl sites for hydroxylation is 1. The van der Waals surface area contributed by atoms with Crippen molar-refractivity contribution in [1.82, 2.24) is 15.6 Å². The third-order valence-electron chi connectivity index (χ3n) is 3.42. The fourth-order valence-corrected chi connectivity index (χ4v) is 3.01. The number of ether oxygens (including phenoxy) is 1. The van der Waals surface area contributed by atoms with Gasteiger partial charge in [-0.3, -0.25) is 0 Å². The lowest BCUT2D eigenvalue weighted by molar-refractivity contribution is 0.242. The maximum Gasteiger partial charge on any atom is 0.191 e. The smallest absolute Gasteiger partial charge is 0.191 e. The third-order valence-corrected chi connectivity index (χ3v) is 4.56. The van der Waals surface area contributed by atoms with Gasteiger partial charge in [-0.25, -0.2) is 9.98 Å². The van der Waals surface area contributed by atoms with Crippen molar-refractivity contribution in [2.24, 2.45) is 4.99 Å². The highest BCUT2D eigenvalue weighted by molar-refractivity contribution is 14.0. The van der Waals surface area contributed by atoms with Gasteiger partial charge in [-0.2, -0.15) is 0 Å². The minimum Gasteiger partial charge on any atom is -0.491 e.